The Labute approximate surface area is 129 Å². The van der Waals surface area contributed by atoms with Crippen molar-refractivity contribution < 1.29 is 0 Å². The van der Waals surface area contributed by atoms with E-state index in [2.05, 4.69) is 31.2 Å². The van der Waals surface area contributed by atoms with Crippen molar-refractivity contribution in [3.63, 3.8) is 0 Å². The van der Waals surface area contributed by atoms with Crippen LogP contribution >= 0.6 is 11.6 Å². The zero-order valence-electron chi connectivity index (χ0n) is 12.9. The molecule has 0 bridgehead atoms. The molecule has 0 aliphatic heterocycles. The summed E-state index contributed by atoms with van der Waals surface area (Å²) in [5.74, 6) is 0.679. The van der Waals surface area contributed by atoms with Crippen molar-refractivity contribution in [2.45, 2.75) is 76.5 Å². The van der Waals surface area contributed by atoms with E-state index in [1.807, 2.05) is 0 Å². The Balaban J connectivity index is 1.94. The summed E-state index contributed by atoms with van der Waals surface area (Å²) >= 11 is 6.77. The molecule has 0 N–H and O–H groups in total. The van der Waals surface area contributed by atoms with Gasteiger partial charge in [-0.2, -0.15) is 0 Å². The fourth-order valence-electron chi connectivity index (χ4n) is 3.30. The first kappa shape index (κ1) is 15.9. The van der Waals surface area contributed by atoms with Crippen molar-refractivity contribution in [1.82, 2.24) is 0 Å². The fourth-order valence-corrected chi connectivity index (χ4v) is 3.70. The lowest BCUT2D eigenvalue weighted by Gasteiger charge is -2.24. The predicted octanol–water partition coefficient (Wildman–Crippen LogP) is 6.67. The van der Waals surface area contributed by atoms with E-state index in [1.54, 1.807) is 0 Å². The van der Waals surface area contributed by atoms with Crippen LogP contribution in [0.5, 0.6) is 0 Å². The first-order chi connectivity index (χ1) is 9.81. The summed E-state index contributed by atoms with van der Waals surface area (Å²) in [6.07, 6.45) is 13.3. The second-order valence-corrected chi connectivity index (χ2v) is 6.82. The highest BCUT2D eigenvalue weighted by Crippen LogP contribution is 2.37. The molecule has 1 aromatic carbocycles. The maximum absolute atomic E-state index is 6.77. The van der Waals surface area contributed by atoms with Crippen LogP contribution < -0.4 is 0 Å². The molecule has 0 nitrogen and oxygen atoms in total. The summed E-state index contributed by atoms with van der Waals surface area (Å²) in [4.78, 5) is 0. The van der Waals surface area contributed by atoms with E-state index in [9.17, 15) is 0 Å². The van der Waals surface area contributed by atoms with E-state index in [-0.39, 0.29) is 5.38 Å². The molecule has 1 aliphatic rings. The third kappa shape index (κ3) is 4.81. The predicted molar refractivity (Wildman–Crippen MR) is 89.5 cm³/mol. The minimum Gasteiger partial charge on any atom is -0.118 e. The minimum absolute atomic E-state index is 0.216. The monoisotopic (exact) mass is 292 g/mol. The van der Waals surface area contributed by atoms with Gasteiger partial charge in [0.2, 0.25) is 0 Å². The number of aryl methyl sites for hydroxylation is 1. The number of rotatable bonds is 5. The van der Waals surface area contributed by atoms with Gasteiger partial charge in [-0.05, 0) is 42.7 Å². The standard InChI is InChI=1S/C19H29Cl/c1-2-3-9-16-12-14-18(15-13-16)19(20)17-10-7-5-4-6-8-11-17/h12-15,17,19H,2-11H2,1H3. The summed E-state index contributed by atoms with van der Waals surface area (Å²) in [6, 6.07) is 9.09. The molecule has 0 radical (unpaired) electrons. The first-order valence-electron chi connectivity index (χ1n) is 8.54. The van der Waals surface area contributed by atoms with Crippen LogP contribution in [0.3, 0.4) is 0 Å². The van der Waals surface area contributed by atoms with Gasteiger partial charge >= 0.3 is 0 Å². The van der Waals surface area contributed by atoms with Gasteiger partial charge in [0.15, 0.2) is 0 Å². The van der Waals surface area contributed by atoms with Gasteiger partial charge < -0.3 is 0 Å². The van der Waals surface area contributed by atoms with Gasteiger partial charge in [-0.25, -0.2) is 0 Å². The Hall–Kier alpha value is -0.490. The highest BCUT2D eigenvalue weighted by atomic mass is 35.5. The number of alkyl halides is 1. The van der Waals surface area contributed by atoms with Crippen LogP contribution in [0.4, 0.5) is 0 Å². The lowest BCUT2D eigenvalue weighted by molar-refractivity contribution is 0.368. The average Bonchev–Trinajstić information content (AvgIpc) is 2.45. The molecule has 20 heavy (non-hydrogen) atoms. The SMILES string of the molecule is CCCCc1ccc(C(Cl)C2CCCCCCC2)cc1. The van der Waals surface area contributed by atoms with Crippen LogP contribution in [-0.2, 0) is 6.42 Å². The van der Waals surface area contributed by atoms with E-state index in [0.29, 0.717) is 5.92 Å². The highest BCUT2D eigenvalue weighted by molar-refractivity contribution is 6.21. The zero-order valence-corrected chi connectivity index (χ0v) is 13.7. The fraction of sp³-hybridized carbons (Fsp3) is 0.684. The van der Waals surface area contributed by atoms with Crippen molar-refractivity contribution >= 4 is 11.6 Å². The maximum Gasteiger partial charge on any atom is 0.0613 e. The molecular weight excluding hydrogens is 264 g/mol. The molecule has 0 saturated heterocycles. The van der Waals surface area contributed by atoms with Gasteiger partial charge in [0.1, 0.15) is 0 Å². The Morgan fingerprint density at radius 3 is 2.20 bits per heavy atom. The van der Waals surface area contributed by atoms with E-state index in [0.717, 1.165) is 0 Å². The molecule has 1 heteroatoms. The third-order valence-corrected chi connectivity index (χ3v) is 5.29. The average molecular weight is 293 g/mol. The number of unbranched alkanes of at least 4 members (excludes halogenated alkanes) is 1. The molecule has 1 aromatic rings. The number of hydrogen-bond acceptors (Lipinski definition) is 0. The molecule has 1 unspecified atom stereocenters. The van der Waals surface area contributed by atoms with Gasteiger partial charge in [0.25, 0.3) is 0 Å². The molecule has 1 atom stereocenters. The van der Waals surface area contributed by atoms with Crippen molar-refractivity contribution in [3.8, 4) is 0 Å². The zero-order chi connectivity index (χ0) is 14.2. The van der Waals surface area contributed by atoms with Gasteiger partial charge in [0, 0.05) is 0 Å². The summed E-state index contributed by atoms with van der Waals surface area (Å²) in [7, 11) is 0. The van der Waals surface area contributed by atoms with E-state index in [1.165, 1.54) is 75.3 Å². The molecule has 2 rings (SSSR count). The van der Waals surface area contributed by atoms with Gasteiger partial charge in [-0.1, -0.05) is 69.7 Å². The van der Waals surface area contributed by atoms with E-state index < -0.39 is 0 Å². The molecule has 1 fully saturated rings. The molecule has 0 amide bonds. The first-order valence-corrected chi connectivity index (χ1v) is 8.98. The van der Waals surface area contributed by atoms with Crippen LogP contribution in [0, 0.1) is 5.92 Å². The lowest BCUT2D eigenvalue weighted by atomic mass is 9.86. The number of halogens is 1. The quantitative estimate of drug-likeness (QED) is 0.532. The largest absolute Gasteiger partial charge is 0.118 e. The maximum atomic E-state index is 6.77. The second kappa shape index (κ2) is 8.72. The summed E-state index contributed by atoms with van der Waals surface area (Å²) in [5.41, 5.74) is 2.79. The van der Waals surface area contributed by atoms with Crippen molar-refractivity contribution in [1.29, 1.82) is 0 Å². The molecule has 1 aliphatic carbocycles. The van der Waals surface area contributed by atoms with Crippen molar-refractivity contribution in [2.75, 3.05) is 0 Å². The molecule has 0 heterocycles. The van der Waals surface area contributed by atoms with Crippen LogP contribution in [0.25, 0.3) is 0 Å². The van der Waals surface area contributed by atoms with Crippen LogP contribution in [0.1, 0.15) is 81.2 Å². The molecule has 1 saturated carbocycles. The van der Waals surface area contributed by atoms with E-state index in [4.69, 9.17) is 11.6 Å². The topological polar surface area (TPSA) is 0 Å². The van der Waals surface area contributed by atoms with Crippen LogP contribution in [0.2, 0.25) is 0 Å². The molecule has 0 aromatic heterocycles. The van der Waals surface area contributed by atoms with Gasteiger partial charge in [-0.3, -0.25) is 0 Å². The normalized spacial score (nSPS) is 19.3. The Kier molecular flexibility index (Phi) is 6.93. The van der Waals surface area contributed by atoms with Crippen LogP contribution in [0.15, 0.2) is 24.3 Å². The molecular formula is C19H29Cl. The minimum atomic E-state index is 0.216. The molecule has 0 spiro atoms. The van der Waals surface area contributed by atoms with Crippen molar-refractivity contribution in [3.05, 3.63) is 35.4 Å². The lowest BCUT2D eigenvalue weighted by Crippen LogP contribution is -2.10. The van der Waals surface area contributed by atoms with Gasteiger partial charge in [-0.15, -0.1) is 11.6 Å². The van der Waals surface area contributed by atoms with Gasteiger partial charge in [0.05, 0.1) is 5.38 Å². The van der Waals surface area contributed by atoms with Crippen LogP contribution in [-0.4, -0.2) is 0 Å². The second-order valence-electron chi connectivity index (χ2n) is 6.35. The summed E-state index contributed by atoms with van der Waals surface area (Å²) < 4.78 is 0. The number of hydrogen-bond donors (Lipinski definition) is 0. The van der Waals surface area contributed by atoms with E-state index >= 15 is 0 Å². The Morgan fingerprint density at radius 1 is 1.00 bits per heavy atom. The Morgan fingerprint density at radius 2 is 1.60 bits per heavy atom. The third-order valence-electron chi connectivity index (χ3n) is 4.68. The summed E-state index contributed by atoms with van der Waals surface area (Å²) in [6.45, 7) is 2.25. The van der Waals surface area contributed by atoms with Crippen molar-refractivity contribution in [2.24, 2.45) is 5.92 Å². The Bertz CT molecular complexity index is 360. The smallest absolute Gasteiger partial charge is 0.0613 e. The highest BCUT2D eigenvalue weighted by Gasteiger charge is 2.21. The number of benzene rings is 1. The summed E-state index contributed by atoms with van der Waals surface area (Å²) in [5, 5.41) is 0.216. The molecule has 112 valence electrons.